The monoisotopic (exact) mass is 766 g/mol. The van der Waals surface area contributed by atoms with Crippen LogP contribution in [0.25, 0.3) is 89.3 Å². The van der Waals surface area contributed by atoms with Gasteiger partial charge in [0.15, 0.2) is 17.5 Å². The Morgan fingerprint density at radius 2 is 0.933 bits per heavy atom. The molecule has 5 heteroatoms. The molecule has 3 heterocycles. The summed E-state index contributed by atoms with van der Waals surface area (Å²) in [6.07, 6.45) is 1.84. The van der Waals surface area contributed by atoms with Crippen LogP contribution in [0, 0.1) is 0 Å². The summed E-state index contributed by atoms with van der Waals surface area (Å²) in [5, 5.41) is 3.24. The van der Waals surface area contributed by atoms with Crippen molar-refractivity contribution < 1.29 is 4.42 Å². The number of hydrogen-bond donors (Lipinski definition) is 0. The van der Waals surface area contributed by atoms with Gasteiger partial charge in [-0.25, -0.2) is 15.0 Å². The van der Waals surface area contributed by atoms with Crippen LogP contribution in [0.1, 0.15) is 22.3 Å². The molecule has 280 valence electrons. The molecule has 0 amide bonds. The maximum atomic E-state index is 6.34. The fourth-order valence-electron chi connectivity index (χ4n) is 9.37. The fourth-order valence-corrected chi connectivity index (χ4v) is 9.37. The van der Waals surface area contributed by atoms with Crippen LogP contribution < -0.4 is 0 Å². The molecule has 11 aromatic rings. The highest BCUT2D eigenvalue weighted by Gasteiger charge is 2.46. The fraction of sp³-hybridized carbons (Fsp3) is 0.0182. The highest BCUT2D eigenvalue weighted by molar-refractivity contribution is 6.05. The van der Waals surface area contributed by atoms with Gasteiger partial charge in [-0.2, -0.15) is 0 Å². The summed E-state index contributed by atoms with van der Waals surface area (Å²) in [7, 11) is 0. The first-order valence-electron chi connectivity index (χ1n) is 20.2. The third kappa shape index (κ3) is 5.26. The van der Waals surface area contributed by atoms with E-state index in [4.69, 9.17) is 24.4 Å². The van der Waals surface area contributed by atoms with Crippen LogP contribution in [0.15, 0.2) is 211 Å². The van der Waals surface area contributed by atoms with E-state index < -0.39 is 5.41 Å². The second-order valence-corrected chi connectivity index (χ2v) is 15.4. The summed E-state index contributed by atoms with van der Waals surface area (Å²) in [5.74, 6) is 1.74. The predicted molar refractivity (Wildman–Crippen MR) is 241 cm³/mol. The lowest BCUT2D eigenvalue weighted by molar-refractivity contribution is 0.669. The van der Waals surface area contributed by atoms with E-state index in [0.717, 1.165) is 66.2 Å². The van der Waals surface area contributed by atoms with Gasteiger partial charge in [-0.05, 0) is 69.3 Å². The molecule has 0 saturated heterocycles. The number of pyridine rings is 1. The van der Waals surface area contributed by atoms with Gasteiger partial charge in [-0.15, -0.1) is 0 Å². The van der Waals surface area contributed by atoms with E-state index in [9.17, 15) is 0 Å². The van der Waals surface area contributed by atoms with Gasteiger partial charge >= 0.3 is 0 Å². The maximum Gasteiger partial charge on any atom is 0.164 e. The van der Waals surface area contributed by atoms with E-state index in [1.54, 1.807) is 0 Å². The van der Waals surface area contributed by atoms with Gasteiger partial charge in [0, 0.05) is 44.6 Å². The number of furan rings is 1. The molecule has 8 aromatic carbocycles. The Morgan fingerprint density at radius 1 is 0.367 bits per heavy atom. The Morgan fingerprint density at radius 3 is 1.72 bits per heavy atom. The van der Waals surface area contributed by atoms with Crippen molar-refractivity contribution in [2.45, 2.75) is 5.41 Å². The van der Waals surface area contributed by atoms with Gasteiger partial charge in [-0.1, -0.05) is 170 Å². The van der Waals surface area contributed by atoms with Crippen LogP contribution in [0.2, 0.25) is 0 Å². The van der Waals surface area contributed by atoms with Crippen molar-refractivity contribution in [1.82, 2.24) is 19.9 Å². The largest absolute Gasteiger partial charge is 0.456 e. The smallest absolute Gasteiger partial charge is 0.164 e. The zero-order valence-electron chi connectivity index (χ0n) is 32.3. The summed E-state index contributed by atoms with van der Waals surface area (Å²) in [6.45, 7) is 0. The minimum atomic E-state index is -0.554. The number of fused-ring (bicyclic) bond motifs is 7. The molecule has 0 spiro atoms. The molecule has 1 aliphatic carbocycles. The summed E-state index contributed by atoms with van der Waals surface area (Å²) >= 11 is 0. The first-order chi connectivity index (χ1) is 29.7. The number of aromatic nitrogens is 4. The van der Waals surface area contributed by atoms with Crippen LogP contribution in [0.5, 0.6) is 0 Å². The van der Waals surface area contributed by atoms with Crippen LogP contribution in [0.3, 0.4) is 0 Å². The lowest BCUT2D eigenvalue weighted by Gasteiger charge is -2.34. The summed E-state index contributed by atoms with van der Waals surface area (Å²) in [4.78, 5) is 20.3. The quantitative estimate of drug-likeness (QED) is 0.169. The van der Waals surface area contributed by atoms with Crippen LogP contribution in [-0.4, -0.2) is 19.9 Å². The third-order valence-electron chi connectivity index (χ3n) is 12.1. The van der Waals surface area contributed by atoms with Gasteiger partial charge in [-0.3, -0.25) is 4.98 Å². The number of benzene rings is 8. The Bertz CT molecular complexity index is 3390. The molecule has 0 fully saturated rings. The van der Waals surface area contributed by atoms with Gasteiger partial charge in [0.05, 0.1) is 10.9 Å². The van der Waals surface area contributed by atoms with Crippen molar-refractivity contribution in [3.8, 4) is 56.4 Å². The van der Waals surface area contributed by atoms with Crippen molar-refractivity contribution >= 4 is 32.8 Å². The lowest BCUT2D eigenvalue weighted by Crippen LogP contribution is -2.28. The Kier molecular flexibility index (Phi) is 7.69. The van der Waals surface area contributed by atoms with Crippen molar-refractivity contribution in [1.29, 1.82) is 0 Å². The number of hydrogen-bond acceptors (Lipinski definition) is 5. The molecule has 0 bridgehead atoms. The van der Waals surface area contributed by atoms with Crippen LogP contribution >= 0.6 is 0 Å². The van der Waals surface area contributed by atoms with Gasteiger partial charge in [0.2, 0.25) is 0 Å². The standard InChI is InChI=1S/C55H34N4O/c1-2-16-40(17-3-1)55(47-23-7-4-19-43(47)44-20-5-8-24-48(44)55)41-18-10-14-38(33-41)53-57-52(37-28-26-35(27-29-37)42-22-11-13-36-15-12-32-56-51(36)42)58-54(59-53)39-30-31-46-45-21-6-9-25-49(45)60-50(46)34-39/h1-34H. The van der Waals surface area contributed by atoms with E-state index in [0.29, 0.717) is 17.5 Å². The normalized spacial score (nSPS) is 12.8. The highest BCUT2D eigenvalue weighted by atomic mass is 16.3. The summed E-state index contributed by atoms with van der Waals surface area (Å²) in [5.41, 5.74) is 14.2. The van der Waals surface area contributed by atoms with E-state index in [1.807, 2.05) is 36.5 Å². The topological polar surface area (TPSA) is 64.7 Å². The Balaban J connectivity index is 1.05. The average molecular weight is 767 g/mol. The van der Waals surface area contributed by atoms with Gasteiger partial charge < -0.3 is 4.42 Å². The molecule has 0 atom stereocenters. The van der Waals surface area contributed by atoms with E-state index in [2.05, 4.69) is 170 Å². The van der Waals surface area contributed by atoms with Crippen molar-refractivity contribution in [2.75, 3.05) is 0 Å². The number of nitrogens with zero attached hydrogens (tertiary/aromatic N) is 4. The molecular weight excluding hydrogens is 733 g/mol. The SMILES string of the molecule is c1ccc(C2(c3cccc(-c4nc(-c5ccc(-c6cccc7cccnc67)cc5)nc(-c5ccc6c(c5)oc5ccccc56)n4)c3)c3ccccc3-c3ccccc32)cc1. The molecule has 5 nitrogen and oxygen atoms in total. The molecule has 0 saturated carbocycles. The zero-order valence-corrected chi connectivity index (χ0v) is 32.3. The second-order valence-electron chi connectivity index (χ2n) is 15.4. The Hall–Kier alpha value is -8.02. The molecule has 12 rings (SSSR count). The zero-order chi connectivity index (χ0) is 39.6. The Labute approximate surface area is 346 Å². The van der Waals surface area contributed by atoms with Gasteiger partial charge in [0.1, 0.15) is 11.2 Å². The predicted octanol–water partition coefficient (Wildman–Crippen LogP) is 13.4. The molecule has 0 unspecified atom stereocenters. The molecule has 1 aliphatic rings. The van der Waals surface area contributed by atoms with E-state index in [1.165, 1.54) is 27.8 Å². The van der Waals surface area contributed by atoms with Crippen molar-refractivity contribution in [2.24, 2.45) is 0 Å². The third-order valence-corrected chi connectivity index (χ3v) is 12.1. The number of para-hydroxylation sites is 2. The first-order valence-corrected chi connectivity index (χ1v) is 20.2. The molecule has 0 aliphatic heterocycles. The molecule has 0 radical (unpaired) electrons. The average Bonchev–Trinajstić information content (AvgIpc) is 3.85. The lowest BCUT2D eigenvalue weighted by atomic mass is 9.67. The highest BCUT2D eigenvalue weighted by Crippen LogP contribution is 2.56. The molecule has 3 aromatic heterocycles. The summed E-state index contributed by atoms with van der Waals surface area (Å²) < 4.78 is 6.34. The second kappa shape index (κ2) is 13.5. The molecule has 0 N–H and O–H groups in total. The summed E-state index contributed by atoms with van der Waals surface area (Å²) in [6, 6.07) is 70.4. The minimum Gasteiger partial charge on any atom is -0.456 e. The molecule has 60 heavy (non-hydrogen) atoms. The maximum absolute atomic E-state index is 6.34. The minimum absolute atomic E-state index is 0.554. The van der Waals surface area contributed by atoms with Crippen LogP contribution in [0.4, 0.5) is 0 Å². The van der Waals surface area contributed by atoms with Crippen molar-refractivity contribution in [3.63, 3.8) is 0 Å². The molecular formula is C55H34N4O. The van der Waals surface area contributed by atoms with E-state index in [-0.39, 0.29) is 0 Å². The van der Waals surface area contributed by atoms with Gasteiger partial charge in [0.25, 0.3) is 0 Å². The van der Waals surface area contributed by atoms with E-state index >= 15 is 0 Å². The van der Waals surface area contributed by atoms with Crippen LogP contribution in [-0.2, 0) is 5.41 Å². The van der Waals surface area contributed by atoms with Crippen molar-refractivity contribution in [3.05, 3.63) is 229 Å². The first kappa shape index (κ1) is 34.1. The number of rotatable bonds is 6.